The number of anilines is 1. The number of halogens is 1. The van der Waals surface area contributed by atoms with Crippen molar-refractivity contribution >= 4 is 35.6 Å². The monoisotopic (exact) mass is 413 g/mol. The molecule has 6 heteroatoms. The lowest BCUT2D eigenvalue weighted by molar-refractivity contribution is 0.208. The highest BCUT2D eigenvalue weighted by molar-refractivity contribution is 14.0. The van der Waals surface area contributed by atoms with Gasteiger partial charge >= 0.3 is 0 Å². The number of nitrogens with two attached hydrogens (primary N) is 1. The number of benzene rings is 2. The zero-order chi connectivity index (χ0) is 14.9. The lowest BCUT2D eigenvalue weighted by Crippen LogP contribution is -2.23. The second kappa shape index (κ2) is 10.0. The van der Waals surface area contributed by atoms with E-state index >= 15 is 0 Å². The van der Waals surface area contributed by atoms with Crippen molar-refractivity contribution in [3.63, 3.8) is 0 Å². The topological polar surface area (TPSA) is 68.9 Å². The van der Waals surface area contributed by atoms with E-state index in [1.165, 1.54) is 0 Å². The fourth-order valence-electron chi connectivity index (χ4n) is 1.71. The Morgan fingerprint density at radius 2 is 1.82 bits per heavy atom. The molecule has 0 aliphatic rings. The van der Waals surface area contributed by atoms with Crippen LogP contribution in [0.4, 0.5) is 5.69 Å². The summed E-state index contributed by atoms with van der Waals surface area (Å²) in [5.74, 6) is 1.87. The quantitative estimate of drug-likeness (QED) is 0.330. The second-order valence-electron chi connectivity index (χ2n) is 4.33. The molecule has 0 unspecified atom stereocenters. The highest BCUT2D eigenvalue weighted by atomic mass is 127. The van der Waals surface area contributed by atoms with Crippen molar-refractivity contribution in [3.05, 3.63) is 54.6 Å². The summed E-state index contributed by atoms with van der Waals surface area (Å²) in [5, 5.41) is 3.02. The molecule has 0 heterocycles. The fraction of sp³-hybridized carbons (Fsp3) is 0.188. The van der Waals surface area contributed by atoms with Crippen molar-refractivity contribution < 1.29 is 9.47 Å². The minimum atomic E-state index is 0. The first-order chi connectivity index (χ1) is 10.3. The molecule has 22 heavy (non-hydrogen) atoms. The van der Waals surface area contributed by atoms with Crippen LogP contribution in [0.1, 0.15) is 0 Å². The van der Waals surface area contributed by atoms with E-state index in [1.807, 2.05) is 54.6 Å². The van der Waals surface area contributed by atoms with E-state index in [1.54, 1.807) is 7.11 Å². The van der Waals surface area contributed by atoms with Crippen LogP contribution in [0.5, 0.6) is 11.5 Å². The number of para-hydroxylation sites is 1. The molecule has 0 amide bonds. The lowest BCUT2D eigenvalue weighted by atomic mass is 10.3. The van der Waals surface area contributed by atoms with Crippen molar-refractivity contribution in [1.82, 2.24) is 0 Å². The molecule has 0 saturated heterocycles. The van der Waals surface area contributed by atoms with Crippen LogP contribution in [-0.4, -0.2) is 26.2 Å². The van der Waals surface area contributed by atoms with Crippen molar-refractivity contribution in [1.29, 1.82) is 0 Å². The van der Waals surface area contributed by atoms with Gasteiger partial charge in [-0.15, -0.1) is 24.0 Å². The molecule has 0 saturated carbocycles. The molecule has 0 aromatic heterocycles. The Labute approximate surface area is 147 Å². The van der Waals surface area contributed by atoms with E-state index < -0.39 is 0 Å². The van der Waals surface area contributed by atoms with Crippen molar-refractivity contribution in [2.75, 3.05) is 25.6 Å². The Hall–Kier alpha value is -1.80. The highest BCUT2D eigenvalue weighted by Crippen LogP contribution is 2.23. The van der Waals surface area contributed by atoms with Crippen LogP contribution in [0.15, 0.2) is 59.6 Å². The van der Waals surface area contributed by atoms with Gasteiger partial charge in [0.25, 0.3) is 0 Å². The Morgan fingerprint density at radius 1 is 1.09 bits per heavy atom. The predicted octanol–water partition coefficient (Wildman–Crippen LogP) is 3.47. The second-order valence-corrected chi connectivity index (χ2v) is 4.33. The maximum Gasteiger partial charge on any atom is 0.193 e. The maximum absolute atomic E-state index is 5.79. The molecular weight excluding hydrogens is 393 g/mol. The minimum Gasteiger partial charge on any atom is -0.457 e. The Kier molecular flexibility index (Phi) is 8.31. The van der Waals surface area contributed by atoms with Crippen LogP contribution in [0, 0.1) is 0 Å². The standard InChI is InChI=1S/C16H19N3O2.HI/c1-20-11-10-18-16(17)19-13-6-5-9-15(12-13)21-14-7-3-2-4-8-14;/h2-9,12H,10-11H2,1H3,(H3,17,18,19);1H. The van der Waals surface area contributed by atoms with Gasteiger partial charge in [-0.3, -0.25) is 4.99 Å². The zero-order valence-corrected chi connectivity index (χ0v) is 14.7. The van der Waals surface area contributed by atoms with Gasteiger partial charge in [0.1, 0.15) is 11.5 Å². The SMILES string of the molecule is COCCN=C(N)Nc1cccc(Oc2ccccc2)c1.I. The Bertz CT molecular complexity index is 591. The first-order valence-corrected chi connectivity index (χ1v) is 6.67. The van der Waals surface area contributed by atoms with Gasteiger partial charge in [0.2, 0.25) is 0 Å². The van der Waals surface area contributed by atoms with E-state index in [4.69, 9.17) is 15.2 Å². The van der Waals surface area contributed by atoms with Gasteiger partial charge in [-0.25, -0.2) is 0 Å². The highest BCUT2D eigenvalue weighted by Gasteiger charge is 2.00. The van der Waals surface area contributed by atoms with E-state index in [2.05, 4.69) is 10.3 Å². The third kappa shape index (κ3) is 6.31. The molecule has 0 bridgehead atoms. The Balaban J connectivity index is 0.00000242. The summed E-state index contributed by atoms with van der Waals surface area (Å²) >= 11 is 0. The number of nitrogens with zero attached hydrogens (tertiary/aromatic N) is 1. The van der Waals surface area contributed by atoms with Gasteiger partial charge in [0.15, 0.2) is 5.96 Å². The predicted molar refractivity (Wildman–Crippen MR) is 100 cm³/mol. The van der Waals surface area contributed by atoms with E-state index in [0.29, 0.717) is 19.1 Å². The van der Waals surface area contributed by atoms with Crippen molar-refractivity contribution in [2.24, 2.45) is 10.7 Å². The van der Waals surface area contributed by atoms with Gasteiger partial charge in [-0.1, -0.05) is 24.3 Å². The van der Waals surface area contributed by atoms with Gasteiger partial charge in [-0.2, -0.15) is 0 Å². The molecule has 0 aliphatic carbocycles. The summed E-state index contributed by atoms with van der Waals surface area (Å²) in [6, 6.07) is 17.2. The molecule has 118 valence electrons. The van der Waals surface area contributed by atoms with Crippen LogP contribution in [0.25, 0.3) is 0 Å². The molecule has 0 fully saturated rings. The number of hydrogen-bond acceptors (Lipinski definition) is 3. The first-order valence-electron chi connectivity index (χ1n) is 6.67. The average molecular weight is 413 g/mol. The summed E-state index contributed by atoms with van der Waals surface area (Å²) in [7, 11) is 1.63. The summed E-state index contributed by atoms with van der Waals surface area (Å²) in [5.41, 5.74) is 6.61. The number of nitrogens with one attached hydrogen (secondary N) is 1. The third-order valence-electron chi connectivity index (χ3n) is 2.66. The summed E-state index contributed by atoms with van der Waals surface area (Å²) in [6.45, 7) is 1.06. The van der Waals surface area contributed by atoms with Gasteiger partial charge < -0.3 is 20.5 Å². The zero-order valence-electron chi connectivity index (χ0n) is 12.4. The molecule has 2 aromatic rings. The van der Waals surface area contributed by atoms with E-state index in [0.717, 1.165) is 17.2 Å². The van der Waals surface area contributed by atoms with Crippen molar-refractivity contribution in [3.8, 4) is 11.5 Å². The smallest absolute Gasteiger partial charge is 0.193 e. The number of ether oxygens (including phenoxy) is 2. The molecule has 0 radical (unpaired) electrons. The molecule has 5 nitrogen and oxygen atoms in total. The van der Waals surface area contributed by atoms with Crippen LogP contribution in [-0.2, 0) is 4.74 Å². The molecular formula is C16H20IN3O2. The molecule has 0 atom stereocenters. The van der Waals surface area contributed by atoms with Gasteiger partial charge in [0, 0.05) is 18.9 Å². The average Bonchev–Trinajstić information content (AvgIpc) is 2.49. The normalized spacial score (nSPS) is 10.7. The molecule has 0 spiro atoms. The van der Waals surface area contributed by atoms with Gasteiger partial charge in [-0.05, 0) is 24.3 Å². The van der Waals surface area contributed by atoms with Crippen molar-refractivity contribution in [2.45, 2.75) is 0 Å². The fourth-order valence-corrected chi connectivity index (χ4v) is 1.71. The number of guanidine groups is 1. The Morgan fingerprint density at radius 3 is 2.55 bits per heavy atom. The maximum atomic E-state index is 5.79. The van der Waals surface area contributed by atoms with Crippen LogP contribution in [0.3, 0.4) is 0 Å². The largest absolute Gasteiger partial charge is 0.457 e. The van der Waals surface area contributed by atoms with Gasteiger partial charge in [0.05, 0.1) is 13.2 Å². The van der Waals surface area contributed by atoms with E-state index in [9.17, 15) is 0 Å². The van der Waals surface area contributed by atoms with E-state index in [-0.39, 0.29) is 24.0 Å². The lowest BCUT2D eigenvalue weighted by Gasteiger charge is -2.09. The number of hydrogen-bond donors (Lipinski definition) is 2. The number of aliphatic imine (C=N–C) groups is 1. The molecule has 2 rings (SSSR count). The van der Waals surface area contributed by atoms with Crippen LogP contribution >= 0.6 is 24.0 Å². The molecule has 2 aromatic carbocycles. The van der Waals surface area contributed by atoms with Crippen LogP contribution in [0.2, 0.25) is 0 Å². The summed E-state index contributed by atoms with van der Waals surface area (Å²) in [6.07, 6.45) is 0. The summed E-state index contributed by atoms with van der Waals surface area (Å²) < 4.78 is 10.7. The third-order valence-corrected chi connectivity index (χ3v) is 2.66. The number of methoxy groups -OCH3 is 1. The first kappa shape index (κ1) is 18.2. The molecule has 3 N–H and O–H groups in total. The number of rotatable bonds is 6. The molecule has 0 aliphatic heterocycles. The summed E-state index contributed by atoms with van der Waals surface area (Å²) in [4.78, 5) is 4.14. The minimum absolute atomic E-state index is 0. The van der Waals surface area contributed by atoms with Crippen LogP contribution < -0.4 is 15.8 Å².